The summed E-state index contributed by atoms with van der Waals surface area (Å²) in [6.45, 7) is 0. The van der Waals surface area contributed by atoms with E-state index in [1.165, 1.54) is 12.4 Å². The molecule has 0 fully saturated rings. The Hall–Kier alpha value is -2.43. The zero-order chi connectivity index (χ0) is 13.0. The number of carbonyl (C=O) groups is 1. The van der Waals surface area contributed by atoms with Crippen molar-refractivity contribution >= 4 is 5.78 Å². The third kappa shape index (κ3) is 2.82. The number of carbonyl (C=O) groups excluding carboxylic acids is 1. The number of aromatic nitrogens is 2. The minimum absolute atomic E-state index is 0.0322. The monoisotopic (exact) mass is 244 g/mol. The molecular formula is C13H12N2O3. The van der Waals surface area contributed by atoms with Crippen LogP contribution in [0.2, 0.25) is 0 Å². The topological polar surface area (TPSA) is 82.8 Å². The van der Waals surface area contributed by atoms with E-state index in [9.17, 15) is 14.4 Å². The largest absolute Gasteiger partial charge is 0.329 e. The molecule has 0 saturated carbocycles. The predicted molar refractivity (Wildman–Crippen MR) is 66.5 cm³/mol. The first-order valence-electron chi connectivity index (χ1n) is 5.51. The summed E-state index contributed by atoms with van der Waals surface area (Å²) in [6.07, 6.45) is 3.09. The fraction of sp³-hybridized carbons (Fsp3) is 0.154. The van der Waals surface area contributed by atoms with Gasteiger partial charge in [0.25, 0.3) is 11.1 Å². The van der Waals surface area contributed by atoms with E-state index >= 15 is 0 Å². The number of pyridine rings is 2. The maximum atomic E-state index is 11.8. The van der Waals surface area contributed by atoms with E-state index in [-0.39, 0.29) is 29.7 Å². The molecule has 5 nitrogen and oxygen atoms in total. The smallest absolute Gasteiger partial charge is 0.251 e. The molecule has 0 unspecified atom stereocenters. The molecule has 2 aromatic rings. The quantitative estimate of drug-likeness (QED) is 0.817. The van der Waals surface area contributed by atoms with Gasteiger partial charge in [-0.15, -0.1) is 0 Å². The van der Waals surface area contributed by atoms with Crippen LogP contribution < -0.4 is 11.1 Å². The van der Waals surface area contributed by atoms with Crippen LogP contribution in [0.4, 0.5) is 0 Å². The summed E-state index contributed by atoms with van der Waals surface area (Å²) in [6, 6.07) is 6.54. The SMILES string of the molecule is O=C(Cc1ccc[nH]c1=O)Cc1ccc[nH]c1=O. The van der Waals surface area contributed by atoms with Crippen molar-refractivity contribution in [3.63, 3.8) is 0 Å². The molecule has 2 N–H and O–H groups in total. The lowest BCUT2D eigenvalue weighted by Crippen LogP contribution is -2.20. The molecular weight excluding hydrogens is 232 g/mol. The van der Waals surface area contributed by atoms with Crippen molar-refractivity contribution in [3.8, 4) is 0 Å². The summed E-state index contributed by atoms with van der Waals surface area (Å²) in [5.74, 6) is -0.164. The lowest BCUT2D eigenvalue weighted by molar-refractivity contribution is -0.117. The summed E-state index contributed by atoms with van der Waals surface area (Å²) in [7, 11) is 0. The summed E-state index contributed by atoms with van der Waals surface area (Å²) in [4.78, 5) is 39.6. The second-order valence-corrected chi connectivity index (χ2v) is 3.94. The fourth-order valence-corrected chi connectivity index (χ4v) is 1.68. The Morgan fingerprint density at radius 3 is 1.72 bits per heavy atom. The highest BCUT2D eigenvalue weighted by molar-refractivity contribution is 5.82. The fourth-order valence-electron chi connectivity index (χ4n) is 1.68. The molecule has 0 aliphatic rings. The number of hydrogen-bond acceptors (Lipinski definition) is 3. The molecule has 0 amide bonds. The third-order valence-corrected chi connectivity index (χ3v) is 2.57. The van der Waals surface area contributed by atoms with Crippen molar-refractivity contribution in [2.45, 2.75) is 12.8 Å². The summed E-state index contributed by atoms with van der Waals surface area (Å²) < 4.78 is 0. The van der Waals surface area contributed by atoms with Gasteiger partial charge in [0.15, 0.2) is 0 Å². The molecule has 0 bridgehead atoms. The van der Waals surface area contributed by atoms with Crippen molar-refractivity contribution in [1.29, 1.82) is 0 Å². The average Bonchev–Trinajstić information content (AvgIpc) is 2.35. The van der Waals surface area contributed by atoms with Gasteiger partial charge in [0.2, 0.25) is 0 Å². The highest BCUT2D eigenvalue weighted by Gasteiger charge is 2.09. The van der Waals surface area contributed by atoms with Gasteiger partial charge in [-0.2, -0.15) is 0 Å². The molecule has 0 atom stereocenters. The van der Waals surface area contributed by atoms with Crippen LogP contribution in [0.1, 0.15) is 11.1 Å². The first kappa shape index (κ1) is 12.0. The second kappa shape index (κ2) is 5.27. The lowest BCUT2D eigenvalue weighted by atomic mass is 10.1. The molecule has 2 heterocycles. The highest BCUT2D eigenvalue weighted by Crippen LogP contribution is 1.98. The van der Waals surface area contributed by atoms with Crippen LogP contribution in [0.5, 0.6) is 0 Å². The van der Waals surface area contributed by atoms with E-state index in [1.807, 2.05) is 0 Å². The van der Waals surface area contributed by atoms with Crippen LogP contribution in [0.15, 0.2) is 46.2 Å². The van der Waals surface area contributed by atoms with Crippen LogP contribution in [0, 0.1) is 0 Å². The third-order valence-electron chi connectivity index (χ3n) is 2.57. The molecule has 0 aromatic carbocycles. The maximum absolute atomic E-state index is 11.8. The molecule has 0 aliphatic heterocycles. The normalized spacial score (nSPS) is 10.2. The second-order valence-electron chi connectivity index (χ2n) is 3.94. The Morgan fingerprint density at radius 2 is 1.33 bits per heavy atom. The van der Waals surface area contributed by atoms with Gasteiger partial charge in [-0.25, -0.2) is 0 Å². The van der Waals surface area contributed by atoms with Gasteiger partial charge in [-0.3, -0.25) is 14.4 Å². The van der Waals surface area contributed by atoms with Crippen LogP contribution in [-0.2, 0) is 17.6 Å². The van der Waals surface area contributed by atoms with Crippen molar-refractivity contribution in [2.75, 3.05) is 0 Å². The lowest BCUT2D eigenvalue weighted by Gasteiger charge is -2.00. The Balaban J connectivity index is 2.11. The maximum Gasteiger partial charge on any atom is 0.251 e. The molecule has 0 saturated heterocycles. The Bertz CT molecular complexity index is 612. The summed E-state index contributed by atoms with van der Waals surface area (Å²) in [5, 5.41) is 0. The standard InChI is InChI=1S/C13H12N2O3/c16-11(7-9-3-1-5-14-12(9)17)8-10-4-2-6-15-13(10)18/h1-6H,7-8H2,(H,14,17)(H,15,18). The Labute approximate surface area is 103 Å². The molecule has 2 aromatic heterocycles. The predicted octanol–water partition coefficient (Wildman–Crippen LogP) is 0.418. The zero-order valence-electron chi connectivity index (χ0n) is 9.60. The number of ketones is 1. The van der Waals surface area contributed by atoms with Crippen LogP contribution in [-0.4, -0.2) is 15.8 Å². The molecule has 18 heavy (non-hydrogen) atoms. The molecule has 2 rings (SSSR count). The molecule has 0 aliphatic carbocycles. The first-order chi connectivity index (χ1) is 8.66. The number of Topliss-reactive ketones (excluding diaryl/α,β-unsaturated/α-hetero) is 1. The molecule has 0 spiro atoms. The minimum Gasteiger partial charge on any atom is -0.329 e. The van der Waals surface area contributed by atoms with Crippen molar-refractivity contribution in [3.05, 3.63) is 68.5 Å². The van der Waals surface area contributed by atoms with E-state index in [0.717, 1.165) is 0 Å². The van der Waals surface area contributed by atoms with E-state index in [0.29, 0.717) is 11.1 Å². The average molecular weight is 244 g/mol. The summed E-state index contributed by atoms with van der Waals surface area (Å²) in [5.41, 5.74) is 0.283. The minimum atomic E-state index is -0.271. The van der Waals surface area contributed by atoms with Gasteiger partial charge in [-0.1, -0.05) is 12.1 Å². The van der Waals surface area contributed by atoms with Gasteiger partial charge < -0.3 is 9.97 Å². The van der Waals surface area contributed by atoms with E-state index < -0.39 is 0 Å². The highest BCUT2D eigenvalue weighted by atomic mass is 16.1. The van der Waals surface area contributed by atoms with E-state index in [4.69, 9.17) is 0 Å². The number of hydrogen-bond donors (Lipinski definition) is 2. The number of aromatic amines is 2. The molecule has 5 heteroatoms. The zero-order valence-corrected chi connectivity index (χ0v) is 9.60. The van der Waals surface area contributed by atoms with Gasteiger partial charge in [0, 0.05) is 36.4 Å². The van der Waals surface area contributed by atoms with E-state index in [1.54, 1.807) is 24.3 Å². The van der Waals surface area contributed by atoms with Crippen LogP contribution >= 0.6 is 0 Å². The van der Waals surface area contributed by atoms with Gasteiger partial charge in [0.05, 0.1) is 0 Å². The van der Waals surface area contributed by atoms with Crippen LogP contribution in [0.3, 0.4) is 0 Å². The van der Waals surface area contributed by atoms with Gasteiger partial charge in [-0.05, 0) is 12.1 Å². The molecule has 0 radical (unpaired) electrons. The number of nitrogens with one attached hydrogen (secondary N) is 2. The summed E-state index contributed by atoms with van der Waals surface area (Å²) >= 11 is 0. The van der Waals surface area contributed by atoms with Crippen molar-refractivity contribution in [1.82, 2.24) is 9.97 Å². The Morgan fingerprint density at radius 1 is 0.889 bits per heavy atom. The molecule has 92 valence electrons. The van der Waals surface area contributed by atoms with Crippen molar-refractivity contribution in [2.24, 2.45) is 0 Å². The number of H-pyrrole nitrogens is 2. The van der Waals surface area contributed by atoms with Crippen LogP contribution in [0.25, 0.3) is 0 Å². The first-order valence-corrected chi connectivity index (χ1v) is 5.51. The van der Waals surface area contributed by atoms with Gasteiger partial charge in [0.1, 0.15) is 5.78 Å². The van der Waals surface area contributed by atoms with E-state index in [2.05, 4.69) is 9.97 Å². The van der Waals surface area contributed by atoms with Crippen molar-refractivity contribution < 1.29 is 4.79 Å². The van der Waals surface area contributed by atoms with Gasteiger partial charge >= 0.3 is 0 Å². The Kier molecular flexibility index (Phi) is 3.52. The number of rotatable bonds is 4.